The minimum Gasteiger partial charge on any atom is -0.508 e. The van der Waals surface area contributed by atoms with Crippen LogP contribution in [-0.2, 0) is 21.2 Å². The number of carbonyl (C=O) groups excluding carboxylic acids is 1. The van der Waals surface area contributed by atoms with E-state index in [9.17, 15) is 18.3 Å². The van der Waals surface area contributed by atoms with E-state index in [1.807, 2.05) is 24.3 Å². The number of nitrogens with zero attached hydrogens (tertiary/aromatic N) is 1. The fourth-order valence-corrected chi connectivity index (χ4v) is 5.69. The van der Waals surface area contributed by atoms with Crippen LogP contribution in [0.15, 0.2) is 71.6 Å². The summed E-state index contributed by atoms with van der Waals surface area (Å²) >= 11 is 0. The molecule has 1 heterocycles. The molecule has 0 spiro atoms. The van der Waals surface area contributed by atoms with Crippen LogP contribution < -0.4 is 15.8 Å². The summed E-state index contributed by atoms with van der Waals surface area (Å²) in [4.78, 5) is 15.1. The minimum absolute atomic E-state index is 0.0133. The van der Waals surface area contributed by atoms with Gasteiger partial charge in [-0.3, -0.25) is 10.2 Å². The fourth-order valence-electron chi connectivity index (χ4n) is 4.46. The van der Waals surface area contributed by atoms with Crippen LogP contribution in [0.25, 0.3) is 10.8 Å². The number of phenolic OH excluding ortho intramolecular Hbond substituents is 1. The Hall–Kier alpha value is -3.63. The predicted octanol–water partition coefficient (Wildman–Crippen LogP) is 2.16. The molecule has 0 aliphatic carbocycles. The Bertz CT molecular complexity index is 1340. The van der Waals surface area contributed by atoms with Crippen molar-refractivity contribution in [3.63, 3.8) is 0 Å². The van der Waals surface area contributed by atoms with Crippen LogP contribution in [0.4, 0.5) is 0 Å². The van der Waals surface area contributed by atoms with E-state index in [4.69, 9.17) is 11.1 Å². The highest BCUT2D eigenvalue weighted by Gasteiger charge is 2.28. The van der Waals surface area contributed by atoms with Gasteiger partial charge in [0.1, 0.15) is 11.8 Å². The van der Waals surface area contributed by atoms with E-state index in [2.05, 4.69) is 10.0 Å². The molecule has 190 valence electrons. The molecule has 0 aromatic heterocycles. The van der Waals surface area contributed by atoms with Crippen molar-refractivity contribution >= 4 is 32.7 Å². The van der Waals surface area contributed by atoms with Gasteiger partial charge in [-0.1, -0.05) is 42.5 Å². The summed E-state index contributed by atoms with van der Waals surface area (Å²) in [5.41, 5.74) is 6.32. The highest BCUT2D eigenvalue weighted by atomic mass is 32.2. The van der Waals surface area contributed by atoms with Crippen molar-refractivity contribution in [3.05, 3.63) is 72.3 Å². The maximum atomic E-state index is 13.3. The quantitative estimate of drug-likeness (QED) is 0.232. The molecule has 1 aliphatic rings. The number of fused-ring (bicyclic) bond motifs is 1. The standard InChI is InChI=1S/C26H31N5O4S/c27-26(28)31-13-3-4-19(17-31)16-29-25(33)24(14-18-7-10-22(32)11-8-18)30-36(34,35)23-12-9-20-5-1-2-6-21(20)15-23/h1-2,5-12,15,19,24,30,32H,3-4,13-14,16-17H2,(H3,27,28)(H,29,33)/t19?,24-/m1/s1. The lowest BCUT2D eigenvalue weighted by Gasteiger charge is -2.33. The van der Waals surface area contributed by atoms with E-state index in [0.717, 1.165) is 30.2 Å². The number of phenols is 1. The van der Waals surface area contributed by atoms with Crippen LogP contribution in [0.2, 0.25) is 0 Å². The highest BCUT2D eigenvalue weighted by molar-refractivity contribution is 7.89. The number of aromatic hydroxyl groups is 1. The zero-order valence-corrected chi connectivity index (χ0v) is 20.7. The first-order chi connectivity index (χ1) is 17.2. The first kappa shape index (κ1) is 25.5. The van der Waals surface area contributed by atoms with Crippen LogP contribution in [0.3, 0.4) is 0 Å². The Kier molecular flexibility index (Phi) is 7.76. The van der Waals surface area contributed by atoms with Crippen molar-refractivity contribution in [2.24, 2.45) is 11.7 Å². The van der Waals surface area contributed by atoms with Crippen molar-refractivity contribution in [3.8, 4) is 5.75 Å². The summed E-state index contributed by atoms with van der Waals surface area (Å²) in [6, 6.07) is 17.6. The third-order valence-electron chi connectivity index (χ3n) is 6.45. The van der Waals surface area contributed by atoms with Gasteiger partial charge in [-0.2, -0.15) is 4.72 Å². The van der Waals surface area contributed by atoms with Crippen molar-refractivity contribution in [1.29, 1.82) is 5.41 Å². The van der Waals surface area contributed by atoms with Crippen molar-refractivity contribution in [2.45, 2.75) is 30.2 Å². The molecular formula is C26H31N5O4S. The van der Waals surface area contributed by atoms with Gasteiger partial charge in [0.15, 0.2) is 5.96 Å². The van der Waals surface area contributed by atoms with Crippen molar-refractivity contribution in [2.75, 3.05) is 19.6 Å². The van der Waals surface area contributed by atoms with Crippen LogP contribution in [0, 0.1) is 11.3 Å². The molecule has 3 aromatic carbocycles. The second-order valence-electron chi connectivity index (χ2n) is 9.14. The smallest absolute Gasteiger partial charge is 0.241 e. The zero-order chi connectivity index (χ0) is 25.7. The van der Waals surface area contributed by atoms with Gasteiger partial charge in [0, 0.05) is 19.6 Å². The number of nitrogens with two attached hydrogens (primary N) is 1. The average molecular weight is 510 g/mol. The minimum atomic E-state index is -4.00. The third-order valence-corrected chi connectivity index (χ3v) is 7.92. The summed E-state index contributed by atoms with van der Waals surface area (Å²) in [6.45, 7) is 1.64. The first-order valence-electron chi connectivity index (χ1n) is 11.9. The molecule has 4 rings (SSSR count). The summed E-state index contributed by atoms with van der Waals surface area (Å²) in [5.74, 6) is -0.228. The second-order valence-corrected chi connectivity index (χ2v) is 10.9. The Morgan fingerprint density at radius 1 is 1.11 bits per heavy atom. The molecule has 1 saturated heterocycles. The topological polar surface area (TPSA) is 149 Å². The molecule has 0 saturated carbocycles. The first-order valence-corrected chi connectivity index (χ1v) is 13.4. The summed E-state index contributed by atoms with van der Waals surface area (Å²) in [6.07, 6.45) is 1.87. The van der Waals surface area contributed by atoms with Crippen LogP contribution in [-0.4, -0.2) is 56.0 Å². The molecule has 6 N–H and O–H groups in total. The van der Waals surface area contributed by atoms with Crippen LogP contribution in [0.5, 0.6) is 5.75 Å². The Labute approximate surface area is 210 Å². The lowest BCUT2D eigenvalue weighted by molar-refractivity contribution is -0.122. The number of rotatable bonds is 8. The van der Waals surface area contributed by atoms with E-state index < -0.39 is 22.0 Å². The maximum absolute atomic E-state index is 13.3. The lowest BCUT2D eigenvalue weighted by Crippen LogP contribution is -2.51. The number of guanidine groups is 1. The molecule has 2 atom stereocenters. The maximum Gasteiger partial charge on any atom is 0.241 e. The van der Waals surface area contributed by atoms with Crippen molar-refractivity contribution in [1.82, 2.24) is 14.9 Å². The molecule has 36 heavy (non-hydrogen) atoms. The third kappa shape index (κ3) is 6.32. The molecule has 9 nitrogen and oxygen atoms in total. The predicted molar refractivity (Wildman–Crippen MR) is 139 cm³/mol. The van der Waals surface area contributed by atoms with Gasteiger partial charge in [-0.05, 0) is 65.8 Å². The van der Waals surface area contributed by atoms with Crippen molar-refractivity contribution < 1.29 is 18.3 Å². The van der Waals surface area contributed by atoms with E-state index in [-0.39, 0.29) is 28.9 Å². The number of carbonyl (C=O) groups is 1. The molecule has 1 aliphatic heterocycles. The lowest BCUT2D eigenvalue weighted by atomic mass is 9.98. The van der Waals surface area contributed by atoms with Gasteiger partial charge >= 0.3 is 0 Å². The van der Waals surface area contributed by atoms with Gasteiger partial charge in [-0.25, -0.2) is 8.42 Å². The molecule has 1 amide bonds. The highest BCUT2D eigenvalue weighted by Crippen LogP contribution is 2.20. The molecule has 0 radical (unpaired) electrons. The Morgan fingerprint density at radius 3 is 2.56 bits per heavy atom. The molecule has 1 unspecified atom stereocenters. The van der Waals surface area contributed by atoms with E-state index >= 15 is 0 Å². The largest absolute Gasteiger partial charge is 0.508 e. The summed E-state index contributed by atoms with van der Waals surface area (Å²) in [7, 11) is -4.00. The Balaban J connectivity index is 1.51. The van der Waals surface area contributed by atoms with E-state index in [1.54, 1.807) is 29.2 Å². The average Bonchev–Trinajstić information content (AvgIpc) is 2.88. The monoisotopic (exact) mass is 509 g/mol. The van der Waals surface area contributed by atoms with Gasteiger partial charge in [0.25, 0.3) is 0 Å². The second kappa shape index (κ2) is 11.0. The normalized spacial score (nSPS) is 17.0. The Morgan fingerprint density at radius 2 is 1.83 bits per heavy atom. The summed E-state index contributed by atoms with van der Waals surface area (Å²) in [5, 5.41) is 21.8. The number of hydrogen-bond donors (Lipinski definition) is 5. The number of likely N-dealkylation sites (tertiary alicyclic amines) is 1. The molecule has 3 aromatic rings. The number of sulfonamides is 1. The number of benzene rings is 3. The number of hydrogen-bond acceptors (Lipinski definition) is 5. The molecule has 1 fully saturated rings. The van der Waals surface area contributed by atoms with Gasteiger partial charge < -0.3 is 21.1 Å². The van der Waals surface area contributed by atoms with Gasteiger partial charge in [-0.15, -0.1) is 0 Å². The van der Waals surface area contributed by atoms with E-state index in [1.165, 1.54) is 18.2 Å². The molecule has 0 bridgehead atoms. The SMILES string of the molecule is N=C(N)N1CCCC(CNC(=O)[C@@H](Cc2ccc(O)cc2)NS(=O)(=O)c2ccc3ccccc3c2)C1. The van der Waals surface area contributed by atoms with Crippen LogP contribution in [0.1, 0.15) is 18.4 Å². The number of amides is 1. The zero-order valence-electron chi connectivity index (χ0n) is 19.9. The fraction of sp³-hybridized carbons (Fsp3) is 0.308. The van der Waals surface area contributed by atoms with Crippen LogP contribution >= 0.6 is 0 Å². The number of nitrogens with one attached hydrogen (secondary N) is 3. The van der Waals surface area contributed by atoms with Gasteiger partial charge in [0.05, 0.1) is 4.90 Å². The van der Waals surface area contributed by atoms with Gasteiger partial charge in [0.2, 0.25) is 15.9 Å². The summed E-state index contributed by atoms with van der Waals surface area (Å²) < 4.78 is 29.2. The molecular weight excluding hydrogens is 478 g/mol. The van der Waals surface area contributed by atoms with E-state index in [0.29, 0.717) is 18.7 Å². The molecule has 10 heteroatoms. The number of piperidine rings is 1.